The summed E-state index contributed by atoms with van der Waals surface area (Å²) in [5.74, 6) is 2.96. The van der Waals surface area contributed by atoms with Crippen LogP contribution in [0.2, 0.25) is 0 Å². The SMILES string of the molecule is Cc1sc2nc(CN3CCC(C)CC3)nc(N3CCN(Cc4cn5ccccc5n4)CC3)c2c1C. The van der Waals surface area contributed by atoms with Gasteiger partial charge in [-0.2, -0.15) is 0 Å². The fourth-order valence-electron chi connectivity index (χ4n) is 5.40. The average Bonchev–Trinajstić information content (AvgIpc) is 3.40. The molecule has 2 fully saturated rings. The number of hydrogen-bond donors (Lipinski definition) is 0. The molecule has 0 saturated carbocycles. The predicted octanol–water partition coefficient (Wildman–Crippen LogP) is 4.51. The number of imidazole rings is 1. The van der Waals surface area contributed by atoms with Crippen molar-refractivity contribution < 1.29 is 0 Å². The maximum absolute atomic E-state index is 5.20. The Morgan fingerprint density at radius 1 is 0.914 bits per heavy atom. The third kappa shape index (κ3) is 4.67. The average molecular weight is 490 g/mol. The topological polar surface area (TPSA) is 52.8 Å². The third-order valence-corrected chi connectivity index (χ3v) is 8.87. The van der Waals surface area contributed by atoms with Gasteiger partial charge in [0.2, 0.25) is 0 Å². The maximum Gasteiger partial charge on any atom is 0.146 e. The Morgan fingerprint density at radius 2 is 1.69 bits per heavy atom. The van der Waals surface area contributed by atoms with Crippen LogP contribution < -0.4 is 4.90 Å². The smallest absolute Gasteiger partial charge is 0.146 e. The van der Waals surface area contributed by atoms with E-state index in [4.69, 9.17) is 15.0 Å². The highest BCUT2D eigenvalue weighted by atomic mass is 32.1. The predicted molar refractivity (Wildman–Crippen MR) is 143 cm³/mol. The second-order valence-electron chi connectivity index (χ2n) is 10.3. The number of hydrogen-bond acceptors (Lipinski definition) is 7. The van der Waals surface area contributed by atoms with Crippen LogP contribution in [-0.2, 0) is 13.1 Å². The van der Waals surface area contributed by atoms with Gasteiger partial charge in [0.25, 0.3) is 0 Å². The van der Waals surface area contributed by atoms with Crippen molar-refractivity contribution in [2.24, 2.45) is 5.92 Å². The van der Waals surface area contributed by atoms with Gasteiger partial charge in [-0.1, -0.05) is 13.0 Å². The van der Waals surface area contributed by atoms with Gasteiger partial charge >= 0.3 is 0 Å². The molecule has 184 valence electrons. The Balaban J connectivity index is 1.20. The molecule has 7 nitrogen and oxygen atoms in total. The van der Waals surface area contributed by atoms with Crippen molar-refractivity contribution in [3.05, 3.63) is 52.6 Å². The van der Waals surface area contributed by atoms with Crippen LogP contribution in [0.5, 0.6) is 0 Å². The van der Waals surface area contributed by atoms with Gasteiger partial charge in [0, 0.05) is 50.0 Å². The molecular weight excluding hydrogens is 454 g/mol. The Bertz CT molecular complexity index is 1290. The largest absolute Gasteiger partial charge is 0.353 e. The molecule has 4 aromatic heterocycles. The van der Waals surface area contributed by atoms with E-state index in [1.165, 1.54) is 28.7 Å². The molecule has 0 spiro atoms. The molecule has 0 unspecified atom stereocenters. The first-order chi connectivity index (χ1) is 17.0. The fraction of sp³-hybridized carbons (Fsp3) is 0.519. The van der Waals surface area contributed by atoms with E-state index in [9.17, 15) is 0 Å². The molecule has 0 amide bonds. The standard InChI is InChI=1S/C27H35N7S/c1-19-7-10-31(11-8-19)18-23-29-26(25-20(2)21(3)35-27(25)30-23)33-14-12-32(13-15-33)16-22-17-34-9-5-4-6-24(34)28-22/h4-6,9,17,19H,7-8,10-16,18H2,1-3H3. The van der Waals surface area contributed by atoms with E-state index < -0.39 is 0 Å². The number of thiophene rings is 1. The summed E-state index contributed by atoms with van der Waals surface area (Å²) in [6, 6.07) is 6.16. The zero-order chi connectivity index (χ0) is 23.9. The minimum absolute atomic E-state index is 0.838. The number of aryl methyl sites for hydroxylation is 2. The molecule has 35 heavy (non-hydrogen) atoms. The molecule has 2 aliphatic heterocycles. The minimum Gasteiger partial charge on any atom is -0.353 e. The Kier molecular flexibility index (Phi) is 6.20. The van der Waals surface area contributed by atoms with Crippen LogP contribution in [0.3, 0.4) is 0 Å². The normalized spacial score (nSPS) is 18.8. The maximum atomic E-state index is 5.20. The molecule has 0 bridgehead atoms. The summed E-state index contributed by atoms with van der Waals surface area (Å²) >= 11 is 1.82. The molecule has 0 aliphatic carbocycles. The number of rotatable bonds is 5. The number of anilines is 1. The zero-order valence-electron chi connectivity index (χ0n) is 21.1. The molecule has 6 rings (SSSR count). The number of fused-ring (bicyclic) bond motifs is 2. The van der Waals surface area contributed by atoms with Crippen LogP contribution in [-0.4, -0.2) is 68.4 Å². The van der Waals surface area contributed by atoms with Crippen molar-refractivity contribution in [2.75, 3.05) is 44.2 Å². The quantitative estimate of drug-likeness (QED) is 0.411. The fourth-order valence-corrected chi connectivity index (χ4v) is 6.44. The van der Waals surface area contributed by atoms with Gasteiger partial charge in [-0.05, 0) is 63.4 Å². The van der Waals surface area contributed by atoms with Crippen molar-refractivity contribution in [3.63, 3.8) is 0 Å². The number of piperidine rings is 1. The summed E-state index contributed by atoms with van der Waals surface area (Å²) in [6.07, 6.45) is 6.78. The van der Waals surface area contributed by atoms with Crippen LogP contribution in [0.25, 0.3) is 15.9 Å². The van der Waals surface area contributed by atoms with Gasteiger partial charge in [-0.15, -0.1) is 11.3 Å². The van der Waals surface area contributed by atoms with Gasteiger partial charge in [-0.25, -0.2) is 15.0 Å². The van der Waals surface area contributed by atoms with Gasteiger partial charge in [0.05, 0.1) is 17.6 Å². The first-order valence-corrected chi connectivity index (χ1v) is 13.7. The Hall–Kier alpha value is -2.55. The highest BCUT2D eigenvalue weighted by Gasteiger charge is 2.25. The summed E-state index contributed by atoms with van der Waals surface area (Å²) in [5, 5.41) is 1.26. The number of likely N-dealkylation sites (tertiary alicyclic amines) is 1. The number of aromatic nitrogens is 4. The highest BCUT2D eigenvalue weighted by Crippen LogP contribution is 2.35. The molecular formula is C27H35N7S. The van der Waals surface area contributed by atoms with Gasteiger partial charge < -0.3 is 9.30 Å². The zero-order valence-corrected chi connectivity index (χ0v) is 21.9. The lowest BCUT2D eigenvalue weighted by Gasteiger charge is -2.35. The lowest BCUT2D eigenvalue weighted by molar-refractivity contribution is 0.181. The second-order valence-corrected chi connectivity index (χ2v) is 11.6. The summed E-state index contributed by atoms with van der Waals surface area (Å²) < 4.78 is 2.11. The van der Waals surface area contributed by atoms with Crippen LogP contribution in [0, 0.1) is 19.8 Å². The molecule has 2 aliphatic rings. The molecule has 0 aromatic carbocycles. The van der Waals surface area contributed by atoms with Gasteiger partial charge in [-0.3, -0.25) is 9.80 Å². The lowest BCUT2D eigenvalue weighted by atomic mass is 9.99. The van der Waals surface area contributed by atoms with Crippen molar-refractivity contribution >= 4 is 33.0 Å². The van der Waals surface area contributed by atoms with E-state index in [0.717, 1.165) is 86.1 Å². The van der Waals surface area contributed by atoms with E-state index in [-0.39, 0.29) is 0 Å². The van der Waals surface area contributed by atoms with Gasteiger partial charge in [0.1, 0.15) is 22.1 Å². The van der Waals surface area contributed by atoms with Crippen LogP contribution >= 0.6 is 11.3 Å². The van der Waals surface area contributed by atoms with Crippen molar-refractivity contribution in [3.8, 4) is 0 Å². The molecule has 0 atom stereocenters. The Morgan fingerprint density at radius 3 is 2.46 bits per heavy atom. The van der Waals surface area contributed by atoms with Crippen molar-refractivity contribution in [1.29, 1.82) is 0 Å². The summed E-state index contributed by atoms with van der Waals surface area (Å²) in [7, 11) is 0. The highest BCUT2D eigenvalue weighted by molar-refractivity contribution is 7.18. The van der Waals surface area contributed by atoms with Crippen LogP contribution in [0.15, 0.2) is 30.6 Å². The van der Waals surface area contributed by atoms with E-state index in [2.05, 4.69) is 58.3 Å². The van der Waals surface area contributed by atoms with Crippen molar-refractivity contribution in [2.45, 2.75) is 46.7 Å². The lowest BCUT2D eigenvalue weighted by Crippen LogP contribution is -2.46. The Labute approximate surface area is 211 Å². The monoisotopic (exact) mass is 489 g/mol. The first kappa shape index (κ1) is 22.9. The molecule has 0 radical (unpaired) electrons. The number of nitrogens with zero attached hydrogens (tertiary/aromatic N) is 7. The molecule has 2 saturated heterocycles. The first-order valence-electron chi connectivity index (χ1n) is 12.9. The van der Waals surface area contributed by atoms with E-state index >= 15 is 0 Å². The molecule has 8 heteroatoms. The van der Waals surface area contributed by atoms with E-state index in [1.807, 2.05) is 23.5 Å². The van der Waals surface area contributed by atoms with E-state index in [0.29, 0.717) is 0 Å². The second kappa shape index (κ2) is 9.48. The molecule has 0 N–H and O–H groups in total. The summed E-state index contributed by atoms with van der Waals surface area (Å²) in [5.41, 5.74) is 3.49. The van der Waals surface area contributed by atoms with Crippen LogP contribution in [0.4, 0.5) is 5.82 Å². The number of piperazine rings is 1. The minimum atomic E-state index is 0.838. The van der Waals surface area contributed by atoms with Crippen LogP contribution in [0.1, 0.15) is 41.7 Å². The molecule has 6 heterocycles. The van der Waals surface area contributed by atoms with Crippen molar-refractivity contribution in [1.82, 2.24) is 29.2 Å². The number of pyridine rings is 1. The van der Waals surface area contributed by atoms with Gasteiger partial charge in [0.15, 0.2) is 0 Å². The summed E-state index contributed by atoms with van der Waals surface area (Å²) in [6.45, 7) is 14.9. The summed E-state index contributed by atoms with van der Waals surface area (Å²) in [4.78, 5) is 25.1. The molecule has 4 aromatic rings. The third-order valence-electron chi connectivity index (χ3n) is 7.77. The van der Waals surface area contributed by atoms with E-state index in [1.54, 1.807) is 0 Å².